The lowest BCUT2D eigenvalue weighted by molar-refractivity contribution is 0.0923. The first-order chi connectivity index (χ1) is 10.6. The molecule has 110 valence electrons. The zero-order chi connectivity index (χ0) is 15.5. The lowest BCUT2D eigenvalue weighted by Crippen LogP contribution is -2.24. The molecular formula is C18H15NO3. The van der Waals surface area contributed by atoms with Crippen LogP contribution >= 0.6 is 0 Å². The predicted octanol–water partition coefficient (Wildman–Crippen LogP) is 3.03. The number of rotatable bonds is 3. The maximum atomic E-state index is 12.2. The molecule has 1 N–H and O–H groups in total. The lowest BCUT2D eigenvalue weighted by atomic mass is 10.1. The Morgan fingerprint density at radius 2 is 1.91 bits per heavy atom. The number of hydrogen-bond acceptors (Lipinski definition) is 3. The van der Waals surface area contributed by atoms with Gasteiger partial charge in [0.1, 0.15) is 5.58 Å². The van der Waals surface area contributed by atoms with Gasteiger partial charge in [-0.3, -0.25) is 9.59 Å². The summed E-state index contributed by atoms with van der Waals surface area (Å²) in [4.78, 5) is 24.1. The van der Waals surface area contributed by atoms with Gasteiger partial charge < -0.3 is 9.73 Å². The Morgan fingerprint density at radius 1 is 1.09 bits per heavy atom. The summed E-state index contributed by atoms with van der Waals surface area (Å²) in [5.74, 6) is -0.374. The number of para-hydroxylation sites is 1. The van der Waals surface area contributed by atoms with Crippen molar-refractivity contribution in [2.75, 3.05) is 0 Å². The number of nitrogens with one attached hydrogen (secondary N) is 1. The van der Waals surface area contributed by atoms with Gasteiger partial charge in [-0.1, -0.05) is 42.0 Å². The third-order valence-corrected chi connectivity index (χ3v) is 3.39. The maximum Gasteiger partial charge on any atom is 0.287 e. The van der Waals surface area contributed by atoms with Crippen LogP contribution in [0.1, 0.15) is 21.7 Å². The standard InChI is InChI=1S/C18H15NO3/c1-12-5-4-6-13(9-12)11-19-18(21)17-10-15(20)14-7-2-3-8-16(14)22-17/h2-10H,11H2,1H3,(H,19,21). The van der Waals surface area contributed by atoms with Crippen molar-refractivity contribution in [2.45, 2.75) is 13.5 Å². The summed E-state index contributed by atoms with van der Waals surface area (Å²) in [6.45, 7) is 2.38. The van der Waals surface area contributed by atoms with Crippen molar-refractivity contribution < 1.29 is 9.21 Å². The number of carbonyl (C=O) groups excluding carboxylic acids is 1. The van der Waals surface area contributed by atoms with Crippen LogP contribution in [0, 0.1) is 6.92 Å². The highest BCUT2D eigenvalue weighted by Gasteiger charge is 2.11. The van der Waals surface area contributed by atoms with Gasteiger partial charge >= 0.3 is 0 Å². The fraction of sp³-hybridized carbons (Fsp3) is 0.111. The molecular weight excluding hydrogens is 278 g/mol. The highest BCUT2D eigenvalue weighted by molar-refractivity contribution is 5.93. The molecule has 1 amide bonds. The fourth-order valence-corrected chi connectivity index (χ4v) is 2.31. The van der Waals surface area contributed by atoms with Crippen molar-refractivity contribution in [3.8, 4) is 0 Å². The topological polar surface area (TPSA) is 59.3 Å². The number of benzene rings is 2. The second kappa shape index (κ2) is 5.85. The van der Waals surface area contributed by atoms with Gasteiger partial charge in [0.15, 0.2) is 11.2 Å². The minimum atomic E-state index is -0.399. The third kappa shape index (κ3) is 2.91. The van der Waals surface area contributed by atoms with Crippen molar-refractivity contribution in [3.05, 3.63) is 81.7 Å². The summed E-state index contributed by atoms with van der Waals surface area (Å²) in [5.41, 5.74) is 2.32. The Hall–Kier alpha value is -2.88. The van der Waals surface area contributed by atoms with Crippen LogP contribution in [0.5, 0.6) is 0 Å². The first kappa shape index (κ1) is 14.1. The van der Waals surface area contributed by atoms with Crippen LogP contribution < -0.4 is 10.7 Å². The SMILES string of the molecule is Cc1cccc(CNC(=O)c2cc(=O)c3ccccc3o2)c1. The molecule has 1 heterocycles. The Kier molecular flexibility index (Phi) is 3.74. The largest absolute Gasteiger partial charge is 0.451 e. The average Bonchev–Trinajstić information content (AvgIpc) is 2.52. The predicted molar refractivity (Wildman–Crippen MR) is 84.8 cm³/mol. The molecule has 0 bridgehead atoms. The Morgan fingerprint density at radius 3 is 2.73 bits per heavy atom. The van der Waals surface area contributed by atoms with E-state index in [1.54, 1.807) is 24.3 Å². The van der Waals surface area contributed by atoms with Crippen LogP contribution in [0.2, 0.25) is 0 Å². The van der Waals surface area contributed by atoms with E-state index in [9.17, 15) is 9.59 Å². The summed E-state index contributed by atoms with van der Waals surface area (Å²) in [6.07, 6.45) is 0. The van der Waals surface area contributed by atoms with E-state index in [0.29, 0.717) is 17.5 Å². The number of amides is 1. The molecule has 3 rings (SSSR count). The Bertz CT molecular complexity index is 896. The zero-order valence-electron chi connectivity index (χ0n) is 12.1. The van der Waals surface area contributed by atoms with E-state index < -0.39 is 5.91 Å². The molecule has 22 heavy (non-hydrogen) atoms. The lowest BCUT2D eigenvalue weighted by Gasteiger charge is -2.06. The molecule has 0 aliphatic carbocycles. The van der Waals surface area contributed by atoms with Gasteiger partial charge in [0.2, 0.25) is 0 Å². The van der Waals surface area contributed by atoms with Gasteiger partial charge in [0, 0.05) is 12.6 Å². The summed E-state index contributed by atoms with van der Waals surface area (Å²) >= 11 is 0. The van der Waals surface area contributed by atoms with Gasteiger partial charge in [-0.05, 0) is 24.6 Å². The monoisotopic (exact) mass is 293 g/mol. The number of fused-ring (bicyclic) bond motifs is 1. The van der Waals surface area contributed by atoms with Gasteiger partial charge in [-0.25, -0.2) is 0 Å². The fourth-order valence-electron chi connectivity index (χ4n) is 2.31. The van der Waals surface area contributed by atoms with E-state index in [-0.39, 0.29) is 11.2 Å². The molecule has 4 heteroatoms. The highest BCUT2D eigenvalue weighted by atomic mass is 16.3. The van der Waals surface area contributed by atoms with Crippen LogP contribution in [-0.2, 0) is 6.54 Å². The van der Waals surface area contributed by atoms with Crippen molar-refractivity contribution >= 4 is 16.9 Å². The molecule has 0 radical (unpaired) electrons. The second-order valence-electron chi connectivity index (χ2n) is 5.14. The zero-order valence-corrected chi connectivity index (χ0v) is 12.1. The summed E-state index contributed by atoms with van der Waals surface area (Å²) in [6, 6.07) is 16.0. The first-order valence-electron chi connectivity index (χ1n) is 7.00. The smallest absolute Gasteiger partial charge is 0.287 e. The van der Waals surface area contributed by atoms with Gasteiger partial charge in [0.05, 0.1) is 5.39 Å². The van der Waals surface area contributed by atoms with Gasteiger partial charge in [-0.15, -0.1) is 0 Å². The minimum Gasteiger partial charge on any atom is -0.451 e. The van der Waals surface area contributed by atoms with Crippen LogP contribution in [-0.4, -0.2) is 5.91 Å². The van der Waals surface area contributed by atoms with Crippen molar-refractivity contribution in [1.29, 1.82) is 0 Å². The molecule has 3 aromatic rings. The van der Waals surface area contributed by atoms with Crippen molar-refractivity contribution in [1.82, 2.24) is 5.32 Å². The quantitative estimate of drug-likeness (QED) is 0.807. The normalized spacial score (nSPS) is 10.6. The van der Waals surface area contributed by atoms with E-state index in [2.05, 4.69) is 5.32 Å². The highest BCUT2D eigenvalue weighted by Crippen LogP contribution is 2.12. The molecule has 0 fully saturated rings. The molecule has 1 aromatic heterocycles. The van der Waals surface area contributed by atoms with E-state index in [1.807, 2.05) is 31.2 Å². The minimum absolute atomic E-state index is 0.0244. The number of aryl methyl sites for hydroxylation is 1. The Balaban J connectivity index is 1.82. The molecule has 0 atom stereocenters. The number of carbonyl (C=O) groups is 1. The molecule has 0 saturated heterocycles. The molecule has 0 saturated carbocycles. The maximum absolute atomic E-state index is 12.2. The summed E-state index contributed by atoms with van der Waals surface area (Å²) < 4.78 is 5.50. The first-order valence-corrected chi connectivity index (χ1v) is 7.00. The molecule has 0 unspecified atom stereocenters. The van der Waals surface area contributed by atoms with E-state index in [4.69, 9.17) is 4.42 Å². The van der Waals surface area contributed by atoms with Crippen molar-refractivity contribution in [2.24, 2.45) is 0 Å². The molecule has 0 aliphatic rings. The molecule has 4 nitrogen and oxygen atoms in total. The van der Waals surface area contributed by atoms with Crippen molar-refractivity contribution in [3.63, 3.8) is 0 Å². The molecule has 0 aliphatic heterocycles. The van der Waals surface area contributed by atoms with E-state index in [0.717, 1.165) is 11.1 Å². The van der Waals surface area contributed by atoms with E-state index in [1.165, 1.54) is 6.07 Å². The van der Waals surface area contributed by atoms with Gasteiger partial charge in [-0.2, -0.15) is 0 Å². The average molecular weight is 293 g/mol. The second-order valence-corrected chi connectivity index (χ2v) is 5.14. The molecule has 0 spiro atoms. The van der Waals surface area contributed by atoms with Crippen LogP contribution in [0.25, 0.3) is 11.0 Å². The van der Waals surface area contributed by atoms with Crippen LogP contribution in [0.4, 0.5) is 0 Å². The third-order valence-electron chi connectivity index (χ3n) is 3.39. The summed E-state index contributed by atoms with van der Waals surface area (Å²) in [7, 11) is 0. The van der Waals surface area contributed by atoms with E-state index >= 15 is 0 Å². The molecule has 2 aromatic carbocycles. The van der Waals surface area contributed by atoms with Crippen LogP contribution in [0.15, 0.2) is 63.8 Å². The Labute approximate surface area is 127 Å². The number of hydrogen-bond donors (Lipinski definition) is 1. The summed E-state index contributed by atoms with van der Waals surface area (Å²) in [5, 5.41) is 3.23. The van der Waals surface area contributed by atoms with Gasteiger partial charge in [0.25, 0.3) is 5.91 Å². The van der Waals surface area contributed by atoms with Crippen LogP contribution in [0.3, 0.4) is 0 Å².